The van der Waals surface area contributed by atoms with E-state index in [9.17, 15) is 18.0 Å². The highest BCUT2D eigenvalue weighted by molar-refractivity contribution is 7.89. The van der Waals surface area contributed by atoms with Gasteiger partial charge < -0.3 is 9.47 Å². The van der Waals surface area contributed by atoms with Crippen molar-refractivity contribution in [1.29, 1.82) is 0 Å². The summed E-state index contributed by atoms with van der Waals surface area (Å²) in [6.07, 6.45) is 0.216. The first kappa shape index (κ1) is 23.6. The van der Waals surface area contributed by atoms with E-state index in [0.717, 1.165) is 11.1 Å². The van der Waals surface area contributed by atoms with Crippen LogP contribution in [0.25, 0.3) is 0 Å². The molecule has 172 valence electrons. The number of amides is 2. The molecule has 1 aliphatic rings. The van der Waals surface area contributed by atoms with Crippen LogP contribution >= 0.6 is 0 Å². The topological polar surface area (TPSA) is 114 Å². The van der Waals surface area contributed by atoms with E-state index in [0.29, 0.717) is 18.1 Å². The van der Waals surface area contributed by atoms with E-state index < -0.39 is 27.9 Å². The lowest BCUT2D eigenvalue weighted by atomic mass is 9.95. The predicted molar refractivity (Wildman–Crippen MR) is 119 cm³/mol. The molecule has 0 saturated heterocycles. The maximum absolute atomic E-state index is 12.9. The lowest BCUT2D eigenvalue weighted by Gasteiger charge is -2.34. The van der Waals surface area contributed by atoms with Crippen molar-refractivity contribution in [2.24, 2.45) is 0 Å². The van der Waals surface area contributed by atoms with Crippen molar-refractivity contribution < 1.29 is 27.5 Å². The van der Waals surface area contributed by atoms with E-state index in [1.807, 2.05) is 31.2 Å². The standard InChI is InChI=1S/C22H27N3O6S/c1-4-31-19-11-10-16(13-20(19)30-3)21(26)23-24-22(27)18-12-15-8-6-7-9-17(15)14-25(18)32(28,29)5-2/h6-11,13,18H,4-5,12,14H2,1-3H3,(H,23,26)(H,24,27). The molecule has 0 saturated carbocycles. The predicted octanol–water partition coefficient (Wildman–Crippen LogP) is 1.63. The molecule has 10 heteroatoms. The van der Waals surface area contributed by atoms with Gasteiger partial charge in [-0.1, -0.05) is 24.3 Å². The Morgan fingerprint density at radius 1 is 1.06 bits per heavy atom. The lowest BCUT2D eigenvalue weighted by Crippen LogP contribution is -2.56. The molecule has 1 atom stereocenters. The van der Waals surface area contributed by atoms with Crippen LogP contribution in [0, 0.1) is 0 Å². The zero-order valence-corrected chi connectivity index (χ0v) is 19.1. The van der Waals surface area contributed by atoms with Gasteiger partial charge in [-0.05, 0) is 49.6 Å². The molecule has 2 aromatic carbocycles. The summed E-state index contributed by atoms with van der Waals surface area (Å²) in [5, 5.41) is 0. The van der Waals surface area contributed by atoms with Crippen LogP contribution in [0.15, 0.2) is 42.5 Å². The molecule has 1 heterocycles. The number of hydrogen-bond acceptors (Lipinski definition) is 6. The van der Waals surface area contributed by atoms with Gasteiger partial charge in [-0.2, -0.15) is 4.31 Å². The fourth-order valence-electron chi connectivity index (χ4n) is 3.54. The number of nitrogens with zero attached hydrogens (tertiary/aromatic N) is 1. The van der Waals surface area contributed by atoms with Crippen LogP contribution in [0.3, 0.4) is 0 Å². The van der Waals surface area contributed by atoms with Crippen molar-refractivity contribution in [2.75, 3.05) is 19.5 Å². The minimum atomic E-state index is -3.64. The van der Waals surface area contributed by atoms with E-state index in [4.69, 9.17) is 9.47 Å². The van der Waals surface area contributed by atoms with Gasteiger partial charge in [-0.3, -0.25) is 20.4 Å². The summed E-state index contributed by atoms with van der Waals surface area (Å²) in [7, 11) is -2.18. The van der Waals surface area contributed by atoms with Crippen molar-refractivity contribution in [1.82, 2.24) is 15.2 Å². The Morgan fingerprint density at radius 3 is 2.44 bits per heavy atom. The van der Waals surface area contributed by atoms with Crippen LogP contribution in [0.5, 0.6) is 11.5 Å². The second-order valence-electron chi connectivity index (χ2n) is 7.18. The van der Waals surface area contributed by atoms with Crippen molar-refractivity contribution >= 4 is 21.8 Å². The Balaban J connectivity index is 1.74. The Labute approximate surface area is 187 Å². The van der Waals surface area contributed by atoms with Crippen LogP contribution in [-0.4, -0.2) is 50.0 Å². The summed E-state index contributed by atoms with van der Waals surface area (Å²) in [6, 6.07) is 11.1. The molecule has 0 fully saturated rings. The van der Waals surface area contributed by atoms with Gasteiger partial charge in [0.25, 0.3) is 11.8 Å². The number of nitrogens with one attached hydrogen (secondary N) is 2. The zero-order chi connectivity index (χ0) is 23.3. The summed E-state index contributed by atoms with van der Waals surface area (Å²) in [4.78, 5) is 25.5. The van der Waals surface area contributed by atoms with Crippen LogP contribution in [-0.2, 0) is 27.8 Å². The average Bonchev–Trinajstić information content (AvgIpc) is 2.81. The van der Waals surface area contributed by atoms with Gasteiger partial charge in [0.05, 0.1) is 19.5 Å². The molecule has 1 aliphatic heterocycles. The molecule has 1 unspecified atom stereocenters. The third-order valence-electron chi connectivity index (χ3n) is 5.26. The maximum atomic E-state index is 12.9. The molecule has 32 heavy (non-hydrogen) atoms. The van der Waals surface area contributed by atoms with Crippen molar-refractivity contribution in [3.63, 3.8) is 0 Å². The highest BCUT2D eigenvalue weighted by Gasteiger charge is 2.38. The highest BCUT2D eigenvalue weighted by Crippen LogP contribution is 2.28. The van der Waals surface area contributed by atoms with Gasteiger partial charge in [0, 0.05) is 12.1 Å². The number of carbonyl (C=O) groups excluding carboxylic acids is 2. The van der Waals surface area contributed by atoms with Gasteiger partial charge in [0.1, 0.15) is 6.04 Å². The molecule has 0 bridgehead atoms. The number of rotatable bonds is 7. The first-order chi connectivity index (χ1) is 15.3. The van der Waals surface area contributed by atoms with Gasteiger partial charge in [-0.15, -0.1) is 0 Å². The number of sulfonamides is 1. The molecule has 3 rings (SSSR count). The average molecular weight is 462 g/mol. The van der Waals surface area contributed by atoms with E-state index in [2.05, 4.69) is 10.9 Å². The summed E-state index contributed by atoms with van der Waals surface area (Å²) >= 11 is 0. The third kappa shape index (κ3) is 5.03. The summed E-state index contributed by atoms with van der Waals surface area (Å²) in [5.74, 6) is -0.424. The van der Waals surface area contributed by atoms with Gasteiger partial charge in [0.2, 0.25) is 10.0 Å². The Kier molecular flexibility index (Phi) is 7.37. The Bertz CT molecular complexity index is 1100. The molecule has 0 radical (unpaired) electrons. The molecule has 9 nitrogen and oxygen atoms in total. The summed E-state index contributed by atoms with van der Waals surface area (Å²) < 4.78 is 37.1. The van der Waals surface area contributed by atoms with E-state index in [-0.39, 0.29) is 24.3 Å². The molecule has 2 amide bonds. The maximum Gasteiger partial charge on any atom is 0.269 e. The van der Waals surface area contributed by atoms with Crippen LogP contribution < -0.4 is 20.3 Å². The van der Waals surface area contributed by atoms with Gasteiger partial charge in [-0.25, -0.2) is 8.42 Å². The second-order valence-corrected chi connectivity index (χ2v) is 9.39. The first-order valence-electron chi connectivity index (χ1n) is 10.3. The van der Waals surface area contributed by atoms with Crippen LogP contribution in [0.2, 0.25) is 0 Å². The Hall–Kier alpha value is -3.11. The molecule has 0 aromatic heterocycles. The van der Waals surface area contributed by atoms with E-state index in [1.165, 1.54) is 24.4 Å². The van der Waals surface area contributed by atoms with Crippen LogP contribution in [0.4, 0.5) is 0 Å². The number of ether oxygens (including phenoxy) is 2. The van der Waals surface area contributed by atoms with Crippen molar-refractivity contribution in [3.8, 4) is 11.5 Å². The fourth-order valence-corrected chi connectivity index (χ4v) is 4.76. The number of carbonyl (C=O) groups is 2. The summed E-state index contributed by atoms with van der Waals surface area (Å²) in [6.45, 7) is 3.92. The number of methoxy groups -OCH3 is 1. The van der Waals surface area contributed by atoms with Crippen molar-refractivity contribution in [2.45, 2.75) is 32.9 Å². The smallest absolute Gasteiger partial charge is 0.269 e. The van der Waals surface area contributed by atoms with E-state index in [1.54, 1.807) is 12.1 Å². The molecular weight excluding hydrogens is 434 g/mol. The second kappa shape index (κ2) is 10.0. The van der Waals surface area contributed by atoms with Crippen LogP contribution in [0.1, 0.15) is 35.3 Å². The molecule has 2 aromatic rings. The molecule has 0 spiro atoms. The fraction of sp³-hybridized carbons (Fsp3) is 0.364. The minimum absolute atomic E-state index is 0.106. The monoisotopic (exact) mass is 461 g/mol. The van der Waals surface area contributed by atoms with E-state index >= 15 is 0 Å². The first-order valence-corrected chi connectivity index (χ1v) is 11.9. The number of fused-ring (bicyclic) bond motifs is 1. The number of benzene rings is 2. The largest absolute Gasteiger partial charge is 0.493 e. The lowest BCUT2D eigenvalue weighted by molar-refractivity contribution is -0.126. The number of hydrazine groups is 1. The normalized spacial score (nSPS) is 16.0. The quantitative estimate of drug-likeness (QED) is 0.606. The minimum Gasteiger partial charge on any atom is -0.493 e. The molecule has 0 aliphatic carbocycles. The molecule has 2 N–H and O–H groups in total. The molecular formula is C22H27N3O6S. The Morgan fingerprint density at radius 2 is 1.78 bits per heavy atom. The SMILES string of the molecule is CCOc1ccc(C(=O)NNC(=O)C2Cc3ccccc3CN2S(=O)(=O)CC)cc1OC. The highest BCUT2D eigenvalue weighted by atomic mass is 32.2. The van der Waals surface area contributed by atoms with Gasteiger partial charge in [0.15, 0.2) is 11.5 Å². The number of hydrogen-bond donors (Lipinski definition) is 2. The van der Waals surface area contributed by atoms with Gasteiger partial charge >= 0.3 is 0 Å². The van der Waals surface area contributed by atoms with Crippen molar-refractivity contribution in [3.05, 3.63) is 59.2 Å². The third-order valence-corrected chi connectivity index (χ3v) is 7.08. The summed E-state index contributed by atoms with van der Waals surface area (Å²) in [5.41, 5.74) is 6.73. The zero-order valence-electron chi connectivity index (χ0n) is 18.3.